The lowest BCUT2D eigenvalue weighted by atomic mass is 10.1. The summed E-state index contributed by atoms with van der Waals surface area (Å²) >= 11 is 0. The minimum atomic E-state index is -0.810. The molecule has 0 aliphatic heterocycles. The maximum atomic E-state index is 12.8. The van der Waals surface area contributed by atoms with Crippen molar-refractivity contribution in [1.82, 2.24) is 0 Å². The Morgan fingerprint density at radius 3 is 1.11 bits per heavy atom. The fraction of sp³-hybridized carbons (Fsp3) is 0.691. The molecule has 348 valence electrons. The summed E-state index contributed by atoms with van der Waals surface area (Å²) in [6.45, 7) is 6.40. The van der Waals surface area contributed by atoms with E-state index < -0.39 is 6.10 Å². The molecule has 6 heteroatoms. The maximum Gasteiger partial charge on any atom is 0.306 e. The van der Waals surface area contributed by atoms with Crippen LogP contribution in [0, 0.1) is 0 Å². The van der Waals surface area contributed by atoms with Crippen LogP contribution in [-0.2, 0) is 28.6 Å². The summed E-state index contributed by atoms with van der Waals surface area (Å²) in [5.41, 5.74) is 0. The average Bonchev–Trinajstić information content (AvgIpc) is 3.26. The maximum absolute atomic E-state index is 12.8. The lowest BCUT2D eigenvalue weighted by Gasteiger charge is -2.18. The molecule has 0 saturated carbocycles. The van der Waals surface area contributed by atoms with E-state index in [1.165, 1.54) is 89.9 Å². The number of hydrogen-bond donors (Lipinski definition) is 0. The molecule has 0 amide bonds. The van der Waals surface area contributed by atoms with Gasteiger partial charge in [-0.15, -0.1) is 0 Å². The summed E-state index contributed by atoms with van der Waals surface area (Å²) in [4.78, 5) is 37.9. The number of esters is 3. The fourth-order valence-corrected chi connectivity index (χ4v) is 6.57. The van der Waals surface area contributed by atoms with Crippen molar-refractivity contribution < 1.29 is 28.6 Å². The monoisotopic (exact) mass is 849 g/mol. The van der Waals surface area contributed by atoms with Gasteiger partial charge in [-0.25, -0.2) is 0 Å². The molecule has 0 radical (unpaired) electrons. The molecular weight excluding hydrogens is 757 g/mol. The highest BCUT2D eigenvalue weighted by Gasteiger charge is 2.19. The Hall–Kier alpha value is -3.41. The van der Waals surface area contributed by atoms with Crippen LogP contribution >= 0.6 is 0 Å². The Bertz CT molecular complexity index is 1200. The van der Waals surface area contributed by atoms with Crippen LogP contribution in [0.15, 0.2) is 85.1 Å². The first-order chi connectivity index (χ1) is 30.0. The van der Waals surface area contributed by atoms with Crippen molar-refractivity contribution in [2.45, 2.75) is 232 Å². The van der Waals surface area contributed by atoms with Crippen LogP contribution in [0.1, 0.15) is 226 Å². The lowest BCUT2D eigenvalue weighted by molar-refractivity contribution is -0.167. The molecule has 0 bridgehead atoms. The van der Waals surface area contributed by atoms with E-state index in [2.05, 4.69) is 106 Å². The average molecular weight is 849 g/mol. The number of ether oxygens (including phenoxy) is 3. The highest BCUT2D eigenvalue weighted by Crippen LogP contribution is 2.13. The molecule has 0 heterocycles. The summed E-state index contributed by atoms with van der Waals surface area (Å²) in [5.74, 6) is -0.981. The predicted molar refractivity (Wildman–Crippen MR) is 261 cm³/mol. The van der Waals surface area contributed by atoms with Gasteiger partial charge in [0.15, 0.2) is 6.10 Å². The van der Waals surface area contributed by atoms with Gasteiger partial charge in [-0.3, -0.25) is 14.4 Å². The van der Waals surface area contributed by atoms with Crippen LogP contribution in [0.4, 0.5) is 0 Å². The molecule has 0 aromatic heterocycles. The smallest absolute Gasteiger partial charge is 0.306 e. The Morgan fingerprint density at radius 2 is 0.672 bits per heavy atom. The molecular formula is C55H92O6. The molecule has 0 spiro atoms. The molecule has 0 aliphatic carbocycles. The van der Waals surface area contributed by atoms with Crippen molar-refractivity contribution in [3.05, 3.63) is 85.1 Å². The van der Waals surface area contributed by atoms with E-state index in [1.807, 2.05) is 0 Å². The highest BCUT2D eigenvalue weighted by atomic mass is 16.6. The topological polar surface area (TPSA) is 78.9 Å². The third-order valence-electron chi connectivity index (χ3n) is 10.4. The molecule has 0 fully saturated rings. The SMILES string of the molecule is CC/C=C\C/C=C\C/C=C\C/C=C\C/C=C\CCCC(=O)O[C@@H](COC(=O)CCCCCCC/C=C\CCCC)COC(=O)CCCCCCCCC/C=C\CCCCCC. The minimum Gasteiger partial charge on any atom is -0.462 e. The van der Waals surface area contributed by atoms with Crippen molar-refractivity contribution in [3.63, 3.8) is 0 Å². The first-order valence-corrected chi connectivity index (χ1v) is 25.1. The van der Waals surface area contributed by atoms with Crippen molar-refractivity contribution in [1.29, 1.82) is 0 Å². The van der Waals surface area contributed by atoms with Gasteiger partial charge in [0.2, 0.25) is 0 Å². The summed E-state index contributed by atoms with van der Waals surface area (Å²) in [7, 11) is 0. The van der Waals surface area contributed by atoms with Crippen molar-refractivity contribution in [3.8, 4) is 0 Å². The molecule has 0 rings (SSSR count). The zero-order valence-corrected chi connectivity index (χ0v) is 39.7. The number of hydrogen-bond acceptors (Lipinski definition) is 6. The van der Waals surface area contributed by atoms with Gasteiger partial charge >= 0.3 is 17.9 Å². The third kappa shape index (κ3) is 47.5. The van der Waals surface area contributed by atoms with Crippen molar-refractivity contribution in [2.75, 3.05) is 13.2 Å². The first-order valence-electron chi connectivity index (χ1n) is 25.1. The number of allylic oxidation sites excluding steroid dienone is 14. The van der Waals surface area contributed by atoms with Gasteiger partial charge in [0.1, 0.15) is 13.2 Å². The van der Waals surface area contributed by atoms with Crippen molar-refractivity contribution in [2.24, 2.45) is 0 Å². The first kappa shape index (κ1) is 57.6. The Kier molecular flexibility index (Phi) is 46.5. The largest absolute Gasteiger partial charge is 0.462 e. The second-order valence-corrected chi connectivity index (χ2v) is 16.3. The lowest BCUT2D eigenvalue weighted by Crippen LogP contribution is -2.30. The zero-order valence-electron chi connectivity index (χ0n) is 39.7. The molecule has 0 aliphatic rings. The van der Waals surface area contributed by atoms with Gasteiger partial charge < -0.3 is 14.2 Å². The summed E-state index contributed by atoms with van der Waals surface area (Å²) < 4.78 is 16.7. The Labute approximate surface area is 375 Å². The molecule has 61 heavy (non-hydrogen) atoms. The number of carbonyl (C=O) groups is 3. The van der Waals surface area contributed by atoms with E-state index in [1.54, 1.807) is 0 Å². The predicted octanol–water partition coefficient (Wildman–Crippen LogP) is 16.4. The highest BCUT2D eigenvalue weighted by molar-refractivity contribution is 5.71. The summed E-state index contributed by atoms with van der Waals surface area (Å²) in [6, 6.07) is 0. The standard InChI is InChI=1S/C55H92O6/c1-4-7-10-13-16-19-22-24-26-27-29-31-34-37-40-43-46-49-55(58)61-52(50-59-53(56)47-44-41-38-35-32-21-18-15-12-9-6-3)51-60-54(57)48-45-42-39-36-33-30-28-25-23-20-17-14-11-8-5-2/h7,10,15-16,18-20,23-24,26,29,31,37,40,52H,4-6,8-9,11-14,17,21-22,25,27-28,30,32-36,38-39,41-51H2,1-3H3/b10-7-,18-15-,19-16-,23-20-,26-24-,31-29-,40-37-/t52-/m0/s1. The molecule has 0 N–H and O–H groups in total. The van der Waals surface area contributed by atoms with Gasteiger partial charge in [0.25, 0.3) is 0 Å². The molecule has 0 saturated heterocycles. The van der Waals surface area contributed by atoms with E-state index >= 15 is 0 Å². The molecule has 6 nitrogen and oxygen atoms in total. The van der Waals surface area contributed by atoms with E-state index in [0.717, 1.165) is 89.9 Å². The summed E-state index contributed by atoms with van der Waals surface area (Å²) in [5, 5.41) is 0. The molecule has 0 aromatic carbocycles. The minimum absolute atomic E-state index is 0.104. The van der Waals surface area contributed by atoms with Gasteiger partial charge in [-0.1, -0.05) is 189 Å². The number of rotatable bonds is 44. The van der Waals surface area contributed by atoms with Gasteiger partial charge in [0.05, 0.1) is 0 Å². The number of unbranched alkanes of at least 4 members (excludes halogenated alkanes) is 19. The molecule has 0 aromatic rings. The normalized spacial score (nSPS) is 12.8. The zero-order chi connectivity index (χ0) is 44.4. The van der Waals surface area contributed by atoms with E-state index in [4.69, 9.17) is 14.2 Å². The Balaban J connectivity index is 4.49. The second kappa shape index (κ2) is 49.2. The van der Waals surface area contributed by atoms with Crippen LogP contribution in [0.2, 0.25) is 0 Å². The van der Waals surface area contributed by atoms with E-state index in [9.17, 15) is 14.4 Å². The van der Waals surface area contributed by atoms with Gasteiger partial charge in [0, 0.05) is 19.3 Å². The fourth-order valence-electron chi connectivity index (χ4n) is 6.57. The molecule has 1 atom stereocenters. The van der Waals surface area contributed by atoms with Crippen LogP contribution in [-0.4, -0.2) is 37.2 Å². The Morgan fingerprint density at radius 1 is 0.344 bits per heavy atom. The van der Waals surface area contributed by atoms with Crippen molar-refractivity contribution >= 4 is 17.9 Å². The van der Waals surface area contributed by atoms with Gasteiger partial charge in [-0.05, 0) is 103 Å². The second-order valence-electron chi connectivity index (χ2n) is 16.3. The van der Waals surface area contributed by atoms with Crippen LogP contribution in [0.25, 0.3) is 0 Å². The molecule has 0 unspecified atom stereocenters. The van der Waals surface area contributed by atoms with Crippen LogP contribution in [0.3, 0.4) is 0 Å². The van der Waals surface area contributed by atoms with E-state index in [0.29, 0.717) is 19.3 Å². The quantitative estimate of drug-likeness (QED) is 0.0263. The third-order valence-corrected chi connectivity index (χ3v) is 10.4. The van der Waals surface area contributed by atoms with E-state index in [-0.39, 0.29) is 37.5 Å². The summed E-state index contributed by atoms with van der Waals surface area (Å²) in [6.07, 6.45) is 62.8. The van der Waals surface area contributed by atoms with Crippen LogP contribution in [0.5, 0.6) is 0 Å². The van der Waals surface area contributed by atoms with Crippen LogP contribution < -0.4 is 0 Å². The van der Waals surface area contributed by atoms with Gasteiger partial charge in [-0.2, -0.15) is 0 Å². The number of carbonyl (C=O) groups excluding carboxylic acids is 3.